The van der Waals surface area contributed by atoms with Gasteiger partial charge in [-0.05, 0) is 30.2 Å². The molecule has 0 radical (unpaired) electrons. The van der Waals surface area contributed by atoms with Crippen LogP contribution in [0.2, 0.25) is 0 Å². The topological polar surface area (TPSA) is 29.5 Å². The van der Waals surface area contributed by atoms with E-state index in [4.69, 9.17) is 4.74 Å². The molecule has 0 saturated carbocycles. The van der Waals surface area contributed by atoms with Crippen LogP contribution in [0.3, 0.4) is 0 Å². The number of rotatable bonds is 6. The minimum atomic E-state index is -0.958. The molecule has 0 amide bonds. The van der Waals surface area contributed by atoms with E-state index < -0.39 is 11.9 Å². The molecule has 2 aromatic rings. The van der Waals surface area contributed by atoms with Gasteiger partial charge in [-0.2, -0.15) is 0 Å². The second-order valence-corrected chi connectivity index (χ2v) is 4.70. The monoisotopic (exact) mass is 274 g/mol. The Morgan fingerprint density at radius 2 is 1.80 bits per heavy atom. The summed E-state index contributed by atoms with van der Waals surface area (Å²) in [7, 11) is 0. The molecule has 0 fully saturated rings. The number of aliphatic hydroxyl groups excluding tert-OH is 1. The Morgan fingerprint density at radius 1 is 1.10 bits per heavy atom. The third kappa shape index (κ3) is 3.58. The first-order valence-corrected chi connectivity index (χ1v) is 6.87. The maximum Gasteiger partial charge on any atom is 0.129 e. The third-order valence-corrected chi connectivity index (χ3v) is 3.16. The van der Waals surface area contributed by atoms with Crippen molar-refractivity contribution in [2.45, 2.75) is 25.9 Å². The van der Waals surface area contributed by atoms with Crippen LogP contribution in [0.5, 0.6) is 5.75 Å². The Hall–Kier alpha value is -1.87. The van der Waals surface area contributed by atoms with Gasteiger partial charge in [-0.15, -0.1) is 0 Å². The normalized spacial score (nSPS) is 12.2. The van der Waals surface area contributed by atoms with Crippen LogP contribution in [-0.2, 0) is 0 Å². The van der Waals surface area contributed by atoms with Crippen molar-refractivity contribution in [1.29, 1.82) is 0 Å². The molecule has 0 bridgehead atoms. The summed E-state index contributed by atoms with van der Waals surface area (Å²) in [5, 5.41) is 10.2. The number of ether oxygens (including phenoxy) is 1. The molecular weight excluding hydrogens is 255 g/mol. The first-order valence-electron chi connectivity index (χ1n) is 6.87. The average Bonchev–Trinajstić information content (AvgIpc) is 2.48. The molecule has 20 heavy (non-hydrogen) atoms. The zero-order valence-corrected chi connectivity index (χ0v) is 11.6. The van der Waals surface area contributed by atoms with Gasteiger partial charge in [-0.3, -0.25) is 0 Å². The predicted molar refractivity (Wildman–Crippen MR) is 77.3 cm³/mol. The van der Waals surface area contributed by atoms with Crippen LogP contribution < -0.4 is 4.74 Å². The fourth-order valence-corrected chi connectivity index (χ4v) is 1.96. The molecule has 2 aromatic carbocycles. The molecule has 0 aliphatic rings. The minimum absolute atomic E-state index is 0.284. The zero-order valence-electron chi connectivity index (χ0n) is 11.6. The van der Waals surface area contributed by atoms with Gasteiger partial charge in [0.15, 0.2) is 0 Å². The Bertz CT molecular complexity index is 537. The van der Waals surface area contributed by atoms with Gasteiger partial charge in [0, 0.05) is 5.56 Å². The number of hydrogen-bond acceptors (Lipinski definition) is 2. The van der Waals surface area contributed by atoms with Crippen LogP contribution in [0.25, 0.3) is 0 Å². The van der Waals surface area contributed by atoms with Crippen molar-refractivity contribution in [3.8, 4) is 5.75 Å². The van der Waals surface area contributed by atoms with Crippen LogP contribution >= 0.6 is 0 Å². The fourth-order valence-electron chi connectivity index (χ4n) is 1.96. The first kappa shape index (κ1) is 14.5. The highest BCUT2D eigenvalue weighted by molar-refractivity contribution is 5.34. The molecule has 0 aliphatic heterocycles. The van der Waals surface area contributed by atoms with E-state index in [-0.39, 0.29) is 5.56 Å². The standard InChI is InChI=1S/C17H19FO2/c1-2-3-12-20-14-10-8-13(9-11-14)17(19)15-6-4-5-7-16(15)18/h4-11,17,19H,2-3,12H2,1H3. The van der Waals surface area contributed by atoms with Crippen molar-refractivity contribution in [1.82, 2.24) is 0 Å². The van der Waals surface area contributed by atoms with E-state index in [0.717, 1.165) is 18.6 Å². The predicted octanol–water partition coefficient (Wildman–Crippen LogP) is 4.09. The number of benzene rings is 2. The molecule has 106 valence electrons. The summed E-state index contributed by atoms with van der Waals surface area (Å²) in [6.45, 7) is 2.79. The lowest BCUT2D eigenvalue weighted by molar-refractivity contribution is 0.214. The van der Waals surface area contributed by atoms with Crippen molar-refractivity contribution in [2.75, 3.05) is 6.61 Å². The van der Waals surface area contributed by atoms with E-state index in [1.54, 1.807) is 42.5 Å². The molecular formula is C17H19FO2. The average molecular weight is 274 g/mol. The largest absolute Gasteiger partial charge is 0.494 e. The van der Waals surface area contributed by atoms with Gasteiger partial charge >= 0.3 is 0 Å². The second-order valence-electron chi connectivity index (χ2n) is 4.70. The molecule has 0 saturated heterocycles. The van der Waals surface area contributed by atoms with E-state index in [1.165, 1.54) is 6.07 Å². The van der Waals surface area contributed by atoms with E-state index >= 15 is 0 Å². The number of unbranched alkanes of at least 4 members (excludes halogenated alkanes) is 1. The van der Waals surface area contributed by atoms with Crippen LogP contribution in [0, 0.1) is 5.82 Å². The van der Waals surface area contributed by atoms with Gasteiger partial charge in [-0.1, -0.05) is 43.7 Å². The fraction of sp³-hybridized carbons (Fsp3) is 0.294. The summed E-state index contributed by atoms with van der Waals surface area (Å²) in [4.78, 5) is 0. The molecule has 3 heteroatoms. The smallest absolute Gasteiger partial charge is 0.129 e. The minimum Gasteiger partial charge on any atom is -0.494 e. The summed E-state index contributed by atoms with van der Waals surface area (Å²) in [6, 6.07) is 13.4. The molecule has 2 rings (SSSR count). The lowest BCUT2D eigenvalue weighted by atomic mass is 10.0. The Kier molecular flexibility index (Phi) is 5.13. The Morgan fingerprint density at radius 3 is 2.45 bits per heavy atom. The molecule has 1 unspecified atom stereocenters. The van der Waals surface area contributed by atoms with Gasteiger partial charge in [0.05, 0.1) is 6.61 Å². The zero-order chi connectivity index (χ0) is 14.4. The molecule has 0 aromatic heterocycles. The van der Waals surface area contributed by atoms with E-state index in [1.807, 2.05) is 0 Å². The number of aliphatic hydroxyl groups is 1. The SMILES string of the molecule is CCCCOc1ccc(C(O)c2ccccc2F)cc1. The molecule has 2 nitrogen and oxygen atoms in total. The third-order valence-electron chi connectivity index (χ3n) is 3.16. The van der Waals surface area contributed by atoms with E-state index in [0.29, 0.717) is 12.2 Å². The van der Waals surface area contributed by atoms with Crippen LogP contribution in [0.4, 0.5) is 4.39 Å². The quantitative estimate of drug-likeness (QED) is 0.804. The van der Waals surface area contributed by atoms with Crippen molar-refractivity contribution in [3.05, 3.63) is 65.5 Å². The summed E-state index contributed by atoms with van der Waals surface area (Å²) in [6.07, 6.45) is 1.14. The van der Waals surface area contributed by atoms with Gasteiger partial charge in [0.2, 0.25) is 0 Å². The van der Waals surface area contributed by atoms with Crippen LogP contribution in [0.15, 0.2) is 48.5 Å². The highest BCUT2D eigenvalue weighted by atomic mass is 19.1. The summed E-state index contributed by atoms with van der Waals surface area (Å²) >= 11 is 0. The summed E-state index contributed by atoms with van der Waals surface area (Å²) < 4.78 is 19.2. The number of halogens is 1. The van der Waals surface area contributed by atoms with Gasteiger partial charge in [-0.25, -0.2) is 4.39 Å². The number of hydrogen-bond donors (Lipinski definition) is 1. The highest BCUT2D eigenvalue weighted by Gasteiger charge is 2.14. The maximum atomic E-state index is 13.6. The van der Waals surface area contributed by atoms with Gasteiger partial charge in [0.25, 0.3) is 0 Å². The van der Waals surface area contributed by atoms with E-state index in [2.05, 4.69) is 6.92 Å². The van der Waals surface area contributed by atoms with Crippen LogP contribution in [0.1, 0.15) is 37.0 Å². The maximum absolute atomic E-state index is 13.6. The lowest BCUT2D eigenvalue weighted by Crippen LogP contribution is -2.02. The Labute approximate surface area is 118 Å². The van der Waals surface area contributed by atoms with Crippen molar-refractivity contribution < 1.29 is 14.2 Å². The highest BCUT2D eigenvalue weighted by Crippen LogP contribution is 2.25. The first-order chi connectivity index (χ1) is 9.72. The molecule has 1 N–H and O–H groups in total. The van der Waals surface area contributed by atoms with Gasteiger partial charge in [0.1, 0.15) is 17.7 Å². The van der Waals surface area contributed by atoms with E-state index in [9.17, 15) is 9.50 Å². The lowest BCUT2D eigenvalue weighted by Gasteiger charge is -2.13. The molecule has 0 heterocycles. The molecule has 0 aliphatic carbocycles. The van der Waals surface area contributed by atoms with Crippen molar-refractivity contribution >= 4 is 0 Å². The van der Waals surface area contributed by atoms with Crippen molar-refractivity contribution in [3.63, 3.8) is 0 Å². The summed E-state index contributed by atoms with van der Waals surface area (Å²) in [5.41, 5.74) is 0.935. The molecule has 0 spiro atoms. The molecule has 1 atom stereocenters. The van der Waals surface area contributed by atoms with Gasteiger partial charge < -0.3 is 9.84 Å². The van der Waals surface area contributed by atoms with Crippen molar-refractivity contribution in [2.24, 2.45) is 0 Å². The van der Waals surface area contributed by atoms with Crippen LogP contribution in [-0.4, -0.2) is 11.7 Å². The summed E-state index contributed by atoms with van der Waals surface area (Å²) in [5.74, 6) is 0.367. The second kappa shape index (κ2) is 7.06. The Balaban J connectivity index is 2.08.